The lowest BCUT2D eigenvalue weighted by Crippen LogP contribution is -2.12. The Labute approximate surface area is 96.8 Å². The predicted molar refractivity (Wildman–Crippen MR) is 63.7 cm³/mol. The van der Waals surface area contributed by atoms with E-state index in [1.54, 1.807) is 13.3 Å². The summed E-state index contributed by atoms with van der Waals surface area (Å²) in [5.74, 6) is 0.899. The number of hydrogen-bond donors (Lipinski definition) is 1. The molecule has 0 fully saturated rings. The van der Waals surface area contributed by atoms with Crippen LogP contribution in [0.3, 0.4) is 0 Å². The van der Waals surface area contributed by atoms with Gasteiger partial charge < -0.3 is 19.4 Å². The summed E-state index contributed by atoms with van der Waals surface area (Å²) >= 11 is 0. The highest BCUT2D eigenvalue weighted by Crippen LogP contribution is 2.03. The van der Waals surface area contributed by atoms with E-state index >= 15 is 0 Å². The fraction of sp³-hybridized carbons (Fsp3) is 0.727. The molecule has 1 aromatic rings. The fourth-order valence-electron chi connectivity index (χ4n) is 1.38. The van der Waals surface area contributed by atoms with Crippen molar-refractivity contribution < 1.29 is 9.47 Å². The fourth-order valence-corrected chi connectivity index (χ4v) is 1.38. The molecule has 0 aliphatic heterocycles. The minimum atomic E-state index is 0.722. The van der Waals surface area contributed by atoms with Crippen LogP contribution in [-0.2, 0) is 16.0 Å². The minimum absolute atomic E-state index is 0.722. The molecule has 0 aromatic carbocycles. The second-order valence-corrected chi connectivity index (χ2v) is 3.41. The van der Waals surface area contributed by atoms with Gasteiger partial charge in [-0.2, -0.15) is 0 Å². The normalized spacial score (nSPS) is 10.6. The molecule has 0 amide bonds. The van der Waals surface area contributed by atoms with Gasteiger partial charge >= 0.3 is 0 Å². The van der Waals surface area contributed by atoms with Gasteiger partial charge in [0, 0.05) is 45.8 Å². The Morgan fingerprint density at radius 2 is 2.31 bits per heavy atom. The maximum atomic E-state index is 5.31. The molecule has 16 heavy (non-hydrogen) atoms. The maximum Gasteiger partial charge on any atom is 0.202 e. The molecule has 0 saturated heterocycles. The standard InChI is InChI=1S/C11H21N3O2/c1-3-16-10-8-14-7-6-13-11(14)12-5-4-9-15-2/h6-7H,3-5,8-10H2,1-2H3,(H,12,13). The molecule has 1 heterocycles. The molecule has 5 nitrogen and oxygen atoms in total. The highest BCUT2D eigenvalue weighted by atomic mass is 16.5. The Hall–Kier alpha value is -1.07. The third-order valence-electron chi connectivity index (χ3n) is 2.20. The van der Waals surface area contributed by atoms with Crippen molar-refractivity contribution in [1.29, 1.82) is 0 Å². The second kappa shape index (κ2) is 8.13. The number of nitrogens with zero attached hydrogens (tertiary/aromatic N) is 2. The molecule has 0 aliphatic carbocycles. The van der Waals surface area contributed by atoms with Crippen molar-refractivity contribution in [1.82, 2.24) is 9.55 Å². The molecule has 1 N–H and O–H groups in total. The molecule has 0 spiro atoms. The van der Waals surface area contributed by atoms with Gasteiger partial charge in [0.1, 0.15) is 0 Å². The number of imidazole rings is 1. The van der Waals surface area contributed by atoms with Crippen molar-refractivity contribution in [3.63, 3.8) is 0 Å². The summed E-state index contributed by atoms with van der Waals surface area (Å²) in [4.78, 5) is 4.25. The molecular formula is C11H21N3O2. The van der Waals surface area contributed by atoms with Gasteiger partial charge in [-0.05, 0) is 13.3 Å². The van der Waals surface area contributed by atoms with Crippen LogP contribution in [0.2, 0.25) is 0 Å². The number of methoxy groups -OCH3 is 1. The number of nitrogens with one attached hydrogen (secondary N) is 1. The number of anilines is 1. The predicted octanol–water partition coefficient (Wildman–Crippen LogP) is 1.37. The summed E-state index contributed by atoms with van der Waals surface area (Å²) in [6, 6.07) is 0. The smallest absolute Gasteiger partial charge is 0.202 e. The first-order chi connectivity index (χ1) is 7.88. The SMILES string of the molecule is CCOCCn1ccnc1NCCCOC. The van der Waals surface area contributed by atoms with Crippen LogP contribution in [0.25, 0.3) is 0 Å². The first kappa shape index (κ1) is 13.0. The quantitative estimate of drug-likeness (QED) is 0.647. The maximum absolute atomic E-state index is 5.31. The van der Waals surface area contributed by atoms with Crippen LogP contribution in [0.4, 0.5) is 5.95 Å². The molecule has 1 aromatic heterocycles. The average Bonchev–Trinajstić information content (AvgIpc) is 2.73. The van der Waals surface area contributed by atoms with Gasteiger partial charge in [0.25, 0.3) is 0 Å². The summed E-state index contributed by atoms with van der Waals surface area (Å²) in [6.07, 6.45) is 4.73. The van der Waals surface area contributed by atoms with Crippen molar-refractivity contribution in [2.45, 2.75) is 19.9 Å². The van der Waals surface area contributed by atoms with Crippen LogP contribution < -0.4 is 5.32 Å². The van der Waals surface area contributed by atoms with E-state index in [-0.39, 0.29) is 0 Å². The van der Waals surface area contributed by atoms with Crippen LogP contribution in [0.15, 0.2) is 12.4 Å². The van der Waals surface area contributed by atoms with Crippen molar-refractivity contribution >= 4 is 5.95 Å². The molecule has 0 atom stereocenters. The van der Waals surface area contributed by atoms with Gasteiger partial charge in [0.15, 0.2) is 0 Å². The van der Waals surface area contributed by atoms with E-state index in [4.69, 9.17) is 9.47 Å². The second-order valence-electron chi connectivity index (χ2n) is 3.41. The van der Waals surface area contributed by atoms with Crippen LogP contribution >= 0.6 is 0 Å². The van der Waals surface area contributed by atoms with Gasteiger partial charge in [-0.15, -0.1) is 0 Å². The summed E-state index contributed by atoms with van der Waals surface area (Å²) in [5, 5.41) is 3.27. The summed E-state index contributed by atoms with van der Waals surface area (Å²) in [5.41, 5.74) is 0. The highest BCUT2D eigenvalue weighted by Gasteiger charge is 2.00. The van der Waals surface area contributed by atoms with Gasteiger partial charge in [-0.25, -0.2) is 4.98 Å². The molecule has 0 unspecified atom stereocenters. The Balaban J connectivity index is 2.26. The van der Waals surface area contributed by atoms with E-state index in [1.807, 2.05) is 13.1 Å². The number of hydrogen-bond acceptors (Lipinski definition) is 4. The van der Waals surface area contributed by atoms with Crippen LogP contribution in [0.1, 0.15) is 13.3 Å². The third kappa shape index (κ3) is 4.63. The van der Waals surface area contributed by atoms with Crippen molar-refractivity contribution in [2.75, 3.05) is 38.8 Å². The molecule has 92 valence electrons. The van der Waals surface area contributed by atoms with Crippen LogP contribution in [0.5, 0.6) is 0 Å². The summed E-state index contributed by atoms with van der Waals surface area (Å²) in [6.45, 7) is 5.95. The topological polar surface area (TPSA) is 48.3 Å². The number of ether oxygens (including phenoxy) is 2. The molecule has 0 saturated carbocycles. The largest absolute Gasteiger partial charge is 0.385 e. The van der Waals surface area contributed by atoms with Crippen molar-refractivity contribution in [2.24, 2.45) is 0 Å². The average molecular weight is 227 g/mol. The van der Waals surface area contributed by atoms with Gasteiger partial charge in [0.05, 0.1) is 6.61 Å². The highest BCUT2D eigenvalue weighted by molar-refractivity contribution is 5.25. The molecule has 1 rings (SSSR count). The molecule has 0 aliphatic rings. The molecular weight excluding hydrogens is 206 g/mol. The van der Waals surface area contributed by atoms with Crippen molar-refractivity contribution in [3.8, 4) is 0 Å². The minimum Gasteiger partial charge on any atom is -0.385 e. The van der Waals surface area contributed by atoms with Crippen LogP contribution in [-0.4, -0.2) is 43.0 Å². The number of aromatic nitrogens is 2. The Kier molecular flexibility index (Phi) is 6.60. The van der Waals surface area contributed by atoms with E-state index in [0.717, 1.165) is 45.3 Å². The zero-order valence-electron chi connectivity index (χ0n) is 10.1. The van der Waals surface area contributed by atoms with E-state index in [0.29, 0.717) is 0 Å². The summed E-state index contributed by atoms with van der Waals surface area (Å²) in [7, 11) is 1.71. The first-order valence-electron chi connectivity index (χ1n) is 5.70. The molecule has 5 heteroatoms. The zero-order valence-corrected chi connectivity index (χ0v) is 10.1. The van der Waals surface area contributed by atoms with E-state index < -0.39 is 0 Å². The summed E-state index contributed by atoms with van der Waals surface area (Å²) < 4.78 is 12.4. The molecule has 0 radical (unpaired) electrons. The number of rotatable bonds is 9. The lowest BCUT2D eigenvalue weighted by atomic mass is 10.4. The van der Waals surface area contributed by atoms with Crippen molar-refractivity contribution in [3.05, 3.63) is 12.4 Å². The third-order valence-corrected chi connectivity index (χ3v) is 2.20. The van der Waals surface area contributed by atoms with E-state index in [2.05, 4.69) is 14.9 Å². The Morgan fingerprint density at radius 1 is 1.44 bits per heavy atom. The monoisotopic (exact) mass is 227 g/mol. The Morgan fingerprint density at radius 3 is 3.06 bits per heavy atom. The lowest BCUT2D eigenvalue weighted by Gasteiger charge is -2.09. The van der Waals surface area contributed by atoms with Gasteiger partial charge in [0.2, 0.25) is 5.95 Å². The van der Waals surface area contributed by atoms with Gasteiger partial charge in [-0.3, -0.25) is 0 Å². The molecule has 0 bridgehead atoms. The zero-order chi connectivity index (χ0) is 11.6. The van der Waals surface area contributed by atoms with Gasteiger partial charge in [-0.1, -0.05) is 0 Å². The Bertz CT molecular complexity index is 276. The van der Waals surface area contributed by atoms with E-state index in [1.165, 1.54) is 0 Å². The first-order valence-corrected chi connectivity index (χ1v) is 5.70. The van der Waals surface area contributed by atoms with E-state index in [9.17, 15) is 0 Å². The lowest BCUT2D eigenvalue weighted by molar-refractivity contribution is 0.139. The van der Waals surface area contributed by atoms with Crippen LogP contribution in [0, 0.1) is 0 Å².